The second-order valence-corrected chi connectivity index (χ2v) is 17.2. The Bertz CT molecular complexity index is 1250. The van der Waals surface area contributed by atoms with Crippen LogP contribution < -0.4 is 10.6 Å². The highest BCUT2D eigenvalue weighted by atomic mass is 28.3. The molecule has 1 saturated carbocycles. The number of rotatable bonds is 10. The van der Waals surface area contributed by atoms with E-state index in [-0.39, 0.29) is 23.8 Å². The summed E-state index contributed by atoms with van der Waals surface area (Å²) in [6.45, 7) is 10.0. The molecule has 0 radical (unpaired) electrons. The Kier molecular flexibility index (Phi) is 8.89. The second kappa shape index (κ2) is 12.1. The van der Waals surface area contributed by atoms with E-state index in [4.69, 9.17) is 9.84 Å². The van der Waals surface area contributed by atoms with Crippen molar-refractivity contribution in [2.75, 3.05) is 11.9 Å². The van der Waals surface area contributed by atoms with Crippen molar-refractivity contribution < 1.29 is 19.4 Å². The van der Waals surface area contributed by atoms with Crippen molar-refractivity contribution in [3.05, 3.63) is 48.7 Å². The molecule has 2 aromatic heterocycles. The Hall–Kier alpha value is -3.17. The van der Waals surface area contributed by atoms with Gasteiger partial charge >= 0.3 is 6.09 Å². The topological polar surface area (TPSA) is 105 Å². The quantitative estimate of drug-likeness (QED) is 0.205. The lowest BCUT2D eigenvalue weighted by Gasteiger charge is -2.31. The number of nitrogens with one attached hydrogen (secondary N) is 2. The van der Waals surface area contributed by atoms with Crippen molar-refractivity contribution in [3.63, 3.8) is 0 Å². The highest BCUT2D eigenvalue weighted by Gasteiger charge is 2.30. The van der Waals surface area contributed by atoms with Gasteiger partial charge in [-0.25, -0.2) is 9.78 Å². The van der Waals surface area contributed by atoms with Gasteiger partial charge in [-0.3, -0.25) is 4.79 Å². The number of aromatic nitrogens is 2. The molecule has 3 N–H and O–H groups in total. The van der Waals surface area contributed by atoms with Gasteiger partial charge in [-0.2, -0.15) is 0 Å². The molecule has 8 nitrogen and oxygen atoms in total. The van der Waals surface area contributed by atoms with Crippen molar-refractivity contribution in [2.24, 2.45) is 11.8 Å². The van der Waals surface area contributed by atoms with Crippen LogP contribution in [0.25, 0.3) is 22.3 Å². The number of carbonyl (C=O) groups is 2. The van der Waals surface area contributed by atoms with E-state index in [0.717, 1.165) is 59.7 Å². The molecular weight excluding hydrogens is 496 g/mol. The Balaban J connectivity index is 1.52. The highest BCUT2D eigenvalue weighted by Crippen LogP contribution is 2.34. The van der Waals surface area contributed by atoms with Gasteiger partial charge < -0.3 is 25.0 Å². The number of fused-ring (bicyclic) bond motifs is 1. The van der Waals surface area contributed by atoms with Crippen molar-refractivity contribution in [1.82, 2.24) is 14.9 Å². The first-order chi connectivity index (χ1) is 18.1. The molecule has 204 valence electrons. The largest absolute Gasteiger partial charge is 0.465 e. The van der Waals surface area contributed by atoms with Crippen LogP contribution in [0.3, 0.4) is 0 Å². The van der Waals surface area contributed by atoms with Gasteiger partial charge in [-0.1, -0.05) is 50.0 Å². The number of carbonyl (C=O) groups excluding carboxylic acids is 1. The number of amides is 2. The Morgan fingerprint density at radius 2 is 1.84 bits per heavy atom. The molecule has 4 rings (SSSR count). The van der Waals surface area contributed by atoms with Crippen LogP contribution >= 0.6 is 0 Å². The number of carboxylic acid groups (broad SMARTS) is 1. The zero-order valence-electron chi connectivity index (χ0n) is 22.9. The van der Waals surface area contributed by atoms with Gasteiger partial charge in [0.05, 0.1) is 11.4 Å². The molecule has 1 aromatic carbocycles. The maximum atomic E-state index is 13.3. The molecule has 3 aromatic rings. The van der Waals surface area contributed by atoms with Gasteiger partial charge in [0.1, 0.15) is 12.4 Å². The maximum Gasteiger partial charge on any atom is 0.404 e. The summed E-state index contributed by atoms with van der Waals surface area (Å²) >= 11 is 0. The molecule has 1 fully saturated rings. The lowest BCUT2D eigenvalue weighted by Crippen LogP contribution is -2.39. The van der Waals surface area contributed by atoms with E-state index in [9.17, 15) is 9.59 Å². The molecule has 2 heterocycles. The number of benzene rings is 1. The van der Waals surface area contributed by atoms with Crippen molar-refractivity contribution >= 4 is 36.8 Å². The summed E-state index contributed by atoms with van der Waals surface area (Å²) in [5, 5.41) is 15.6. The van der Waals surface area contributed by atoms with E-state index in [1.54, 1.807) is 6.20 Å². The molecule has 1 unspecified atom stereocenters. The molecule has 0 aliphatic heterocycles. The number of hydrogen-bond donors (Lipinski definition) is 3. The molecule has 0 saturated heterocycles. The van der Waals surface area contributed by atoms with Gasteiger partial charge in [-0.15, -0.1) is 0 Å². The van der Waals surface area contributed by atoms with Crippen LogP contribution in [0, 0.1) is 11.8 Å². The number of anilines is 1. The Labute approximate surface area is 225 Å². The maximum absolute atomic E-state index is 13.3. The predicted molar refractivity (Wildman–Crippen MR) is 154 cm³/mol. The summed E-state index contributed by atoms with van der Waals surface area (Å²) in [5.74, 6) is 0.174. The second-order valence-electron chi connectivity index (χ2n) is 11.6. The summed E-state index contributed by atoms with van der Waals surface area (Å²) in [6.07, 6.45) is 3.89. The lowest BCUT2D eigenvalue weighted by atomic mass is 9.78. The number of nitrogens with zero attached hydrogens (tertiary/aromatic N) is 2. The van der Waals surface area contributed by atoms with Crippen molar-refractivity contribution in [1.29, 1.82) is 0 Å². The van der Waals surface area contributed by atoms with Crippen LogP contribution in [0.1, 0.15) is 32.6 Å². The van der Waals surface area contributed by atoms with Crippen LogP contribution in [0.5, 0.6) is 0 Å². The first-order valence-corrected chi connectivity index (χ1v) is 17.2. The minimum atomic E-state index is -1.20. The van der Waals surface area contributed by atoms with Crippen LogP contribution in [-0.2, 0) is 16.3 Å². The monoisotopic (exact) mass is 536 g/mol. The van der Waals surface area contributed by atoms with E-state index < -0.39 is 14.2 Å². The summed E-state index contributed by atoms with van der Waals surface area (Å²) in [7, 11) is -1.20. The van der Waals surface area contributed by atoms with Gasteiger partial charge in [0.15, 0.2) is 0 Å². The first-order valence-electron chi connectivity index (χ1n) is 13.5. The van der Waals surface area contributed by atoms with E-state index in [1.807, 2.05) is 31.2 Å². The smallest absolute Gasteiger partial charge is 0.404 e. The molecule has 1 aliphatic carbocycles. The fraction of sp³-hybridized carbons (Fsp3) is 0.483. The third-order valence-corrected chi connectivity index (χ3v) is 9.25. The minimum absolute atomic E-state index is 0.00944. The van der Waals surface area contributed by atoms with Gasteiger partial charge in [-0.05, 0) is 62.3 Å². The SMILES string of the molecule is CC(NC(=O)O)C1CCC(C(=O)Nc2ccnc3c2cc(-c2ccccc2)n3COCC[Si](C)(C)C)CC1. The zero-order chi connectivity index (χ0) is 27.3. The Morgan fingerprint density at radius 1 is 1.13 bits per heavy atom. The van der Waals surface area contributed by atoms with Crippen LogP contribution in [0.15, 0.2) is 48.7 Å². The standard InChI is InChI=1S/C29H40N4O4Si/c1-20(31-29(35)36)21-10-12-23(13-11-21)28(34)32-25-14-15-30-27-24(25)18-26(22-8-6-5-7-9-22)33(27)19-37-16-17-38(2,3)4/h5-9,14-15,18,20-21,23,31H,10-13,16-17,19H2,1-4H3,(H,35,36)(H,30,32,34). The fourth-order valence-electron chi connectivity index (χ4n) is 5.20. The first kappa shape index (κ1) is 27.9. The van der Waals surface area contributed by atoms with Crippen LogP contribution in [0.2, 0.25) is 25.7 Å². The third-order valence-electron chi connectivity index (χ3n) is 7.54. The van der Waals surface area contributed by atoms with E-state index >= 15 is 0 Å². The zero-order valence-corrected chi connectivity index (χ0v) is 23.9. The van der Waals surface area contributed by atoms with E-state index in [2.05, 4.69) is 58.0 Å². The summed E-state index contributed by atoms with van der Waals surface area (Å²) in [4.78, 5) is 28.9. The lowest BCUT2D eigenvalue weighted by molar-refractivity contribution is -0.121. The van der Waals surface area contributed by atoms with Gasteiger partial charge in [0.2, 0.25) is 5.91 Å². The van der Waals surface area contributed by atoms with Crippen molar-refractivity contribution in [2.45, 2.75) is 71.1 Å². The average molecular weight is 537 g/mol. The molecule has 0 spiro atoms. The summed E-state index contributed by atoms with van der Waals surface area (Å²) in [6, 6.07) is 15.1. The fourth-order valence-corrected chi connectivity index (χ4v) is 5.96. The highest BCUT2D eigenvalue weighted by molar-refractivity contribution is 6.76. The molecule has 1 atom stereocenters. The van der Waals surface area contributed by atoms with Crippen LogP contribution in [0.4, 0.5) is 10.5 Å². The molecule has 1 aliphatic rings. The molecule has 38 heavy (non-hydrogen) atoms. The van der Waals surface area contributed by atoms with E-state index in [1.165, 1.54) is 0 Å². The number of hydrogen-bond acceptors (Lipinski definition) is 4. The van der Waals surface area contributed by atoms with Gasteiger partial charge in [0.25, 0.3) is 0 Å². The molecule has 2 amide bonds. The third kappa shape index (κ3) is 7.02. The summed E-state index contributed by atoms with van der Waals surface area (Å²) < 4.78 is 8.21. The molecule has 0 bridgehead atoms. The number of pyridine rings is 1. The molecule has 9 heteroatoms. The van der Waals surface area contributed by atoms with E-state index in [0.29, 0.717) is 13.3 Å². The Morgan fingerprint density at radius 3 is 2.50 bits per heavy atom. The van der Waals surface area contributed by atoms with Crippen LogP contribution in [-0.4, -0.2) is 47.4 Å². The normalized spacial score (nSPS) is 18.7. The molecular formula is C29H40N4O4Si. The predicted octanol–water partition coefficient (Wildman–Crippen LogP) is 6.42. The minimum Gasteiger partial charge on any atom is -0.465 e. The number of ether oxygens (including phenoxy) is 1. The van der Waals surface area contributed by atoms with Gasteiger partial charge in [0, 0.05) is 38.2 Å². The average Bonchev–Trinajstić information content (AvgIpc) is 3.26. The summed E-state index contributed by atoms with van der Waals surface area (Å²) in [5.41, 5.74) is 3.61. The van der Waals surface area contributed by atoms with Crippen molar-refractivity contribution in [3.8, 4) is 11.3 Å².